The molecule has 0 saturated carbocycles. The minimum absolute atomic E-state index is 0.174. The van der Waals surface area contributed by atoms with E-state index >= 15 is 0 Å². The minimum atomic E-state index is -0.222. The van der Waals surface area contributed by atoms with Crippen LogP contribution in [0.5, 0.6) is 0 Å². The van der Waals surface area contributed by atoms with Crippen molar-refractivity contribution >= 4 is 72.7 Å². The van der Waals surface area contributed by atoms with Gasteiger partial charge in [-0.25, -0.2) is 4.98 Å². The Bertz CT molecular complexity index is 1470. The van der Waals surface area contributed by atoms with Crippen molar-refractivity contribution in [1.29, 1.82) is 0 Å². The summed E-state index contributed by atoms with van der Waals surface area (Å²) in [7, 11) is 0. The summed E-state index contributed by atoms with van der Waals surface area (Å²) in [4.78, 5) is 31.0. The average Bonchev–Trinajstić information content (AvgIpc) is 3.04. The SMILES string of the molecule is Cc1ccc(-n2c(C=C3C(=O)Nc4ccc(Br)cc43)nc3ccc(I)cc3c2=O)cc1. The number of halogens is 2. The van der Waals surface area contributed by atoms with Gasteiger partial charge >= 0.3 is 0 Å². The van der Waals surface area contributed by atoms with Crippen molar-refractivity contribution in [3.63, 3.8) is 0 Å². The van der Waals surface area contributed by atoms with E-state index in [1.165, 1.54) is 0 Å². The molecule has 2 heterocycles. The highest BCUT2D eigenvalue weighted by molar-refractivity contribution is 14.1. The van der Waals surface area contributed by atoms with Gasteiger partial charge in [-0.3, -0.25) is 14.2 Å². The van der Waals surface area contributed by atoms with Gasteiger partial charge in [0, 0.05) is 19.3 Å². The summed E-state index contributed by atoms with van der Waals surface area (Å²) in [5.41, 5.74) is 4.18. The maximum atomic E-state index is 13.5. The largest absolute Gasteiger partial charge is 0.321 e. The number of amides is 1. The molecule has 0 atom stereocenters. The molecule has 4 aromatic rings. The smallest absolute Gasteiger partial charge is 0.266 e. The van der Waals surface area contributed by atoms with Crippen LogP contribution < -0.4 is 10.9 Å². The molecule has 7 heteroatoms. The number of hydrogen-bond acceptors (Lipinski definition) is 3. The third kappa shape index (κ3) is 3.61. The predicted molar refractivity (Wildman–Crippen MR) is 135 cm³/mol. The molecule has 0 unspecified atom stereocenters. The fourth-order valence-corrected chi connectivity index (χ4v) is 4.50. The first-order chi connectivity index (χ1) is 14.9. The number of aryl methyl sites for hydroxylation is 1. The Labute approximate surface area is 200 Å². The van der Waals surface area contributed by atoms with E-state index in [0.717, 1.165) is 24.9 Å². The van der Waals surface area contributed by atoms with Crippen LogP contribution in [0, 0.1) is 10.5 Å². The Morgan fingerprint density at radius 3 is 2.58 bits per heavy atom. The Balaban J connectivity index is 1.82. The molecule has 5 nitrogen and oxygen atoms in total. The molecule has 1 aliphatic heterocycles. The van der Waals surface area contributed by atoms with Gasteiger partial charge in [0.2, 0.25) is 0 Å². The molecule has 1 aliphatic rings. The first-order valence-corrected chi connectivity index (χ1v) is 11.4. The highest BCUT2D eigenvalue weighted by atomic mass is 127. The summed E-state index contributed by atoms with van der Waals surface area (Å²) in [6.45, 7) is 1.99. The van der Waals surface area contributed by atoms with Crippen LogP contribution in [0.25, 0.3) is 28.2 Å². The Morgan fingerprint density at radius 2 is 1.81 bits per heavy atom. The number of benzene rings is 3. The molecule has 0 fully saturated rings. The fourth-order valence-electron chi connectivity index (χ4n) is 3.65. The van der Waals surface area contributed by atoms with Crippen LogP contribution >= 0.6 is 38.5 Å². The van der Waals surface area contributed by atoms with Crippen LogP contribution in [0.15, 0.2) is 69.9 Å². The molecule has 5 rings (SSSR count). The van der Waals surface area contributed by atoms with Gasteiger partial charge in [0.15, 0.2) is 0 Å². The molecule has 3 aromatic carbocycles. The molecule has 0 saturated heterocycles. The first kappa shape index (κ1) is 20.1. The zero-order valence-corrected chi connectivity index (χ0v) is 20.1. The van der Waals surface area contributed by atoms with Crippen LogP contribution in [-0.2, 0) is 4.79 Å². The molecule has 0 radical (unpaired) electrons. The zero-order chi connectivity index (χ0) is 21.7. The number of nitrogens with one attached hydrogen (secondary N) is 1. The lowest BCUT2D eigenvalue weighted by atomic mass is 10.1. The second kappa shape index (κ2) is 7.72. The van der Waals surface area contributed by atoms with Crippen molar-refractivity contribution in [3.05, 3.63) is 96.0 Å². The molecule has 1 aromatic heterocycles. The number of carbonyl (C=O) groups is 1. The number of hydrogen-bond donors (Lipinski definition) is 1. The lowest BCUT2D eigenvalue weighted by molar-refractivity contribution is -0.110. The van der Waals surface area contributed by atoms with E-state index in [2.05, 4.69) is 43.8 Å². The monoisotopic (exact) mass is 583 g/mol. The van der Waals surface area contributed by atoms with Gasteiger partial charge in [0.25, 0.3) is 11.5 Å². The summed E-state index contributed by atoms with van der Waals surface area (Å²) < 4.78 is 3.39. The number of nitrogens with zero attached hydrogens (tertiary/aromatic N) is 2. The highest BCUT2D eigenvalue weighted by Gasteiger charge is 2.25. The van der Waals surface area contributed by atoms with Gasteiger partial charge in [0.05, 0.1) is 22.2 Å². The summed E-state index contributed by atoms with van der Waals surface area (Å²) in [5, 5.41) is 3.41. The molecular formula is C24H15BrIN3O2. The van der Waals surface area contributed by atoms with Gasteiger partial charge < -0.3 is 5.32 Å². The summed E-state index contributed by atoms with van der Waals surface area (Å²) in [6, 6.07) is 18.9. The van der Waals surface area contributed by atoms with Crippen molar-refractivity contribution < 1.29 is 4.79 Å². The number of fused-ring (bicyclic) bond motifs is 2. The van der Waals surface area contributed by atoms with E-state index in [0.29, 0.717) is 28.0 Å². The lowest BCUT2D eigenvalue weighted by Gasteiger charge is -2.12. The number of aromatic nitrogens is 2. The summed E-state index contributed by atoms with van der Waals surface area (Å²) in [5.74, 6) is 0.182. The fraction of sp³-hybridized carbons (Fsp3) is 0.0417. The molecule has 1 N–H and O–H groups in total. The first-order valence-electron chi connectivity index (χ1n) is 9.53. The Hall–Kier alpha value is -2.78. The summed E-state index contributed by atoms with van der Waals surface area (Å²) in [6.07, 6.45) is 1.69. The van der Waals surface area contributed by atoms with Crippen molar-refractivity contribution in [2.75, 3.05) is 5.32 Å². The van der Waals surface area contributed by atoms with Gasteiger partial charge in [-0.1, -0.05) is 33.6 Å². The lowest BCUT2D eigenvalue weighted by Crippen LogP contribution is -2.22. The normalized spacial score (nSPS) is 14.2. The second-order valence-electron chi connectivity index (χ2n) is 7.31. The quantitative estimate of drug-likeness (QED) is 0.248. The van der Waals surface area contributed by atoms with Gasteiger partial charge in [-0.2, -0.15) is 0 Å². The van der Waals surface area contributed by atoms with Crippen LogP contribution in [0.3, 0.4) is 0 Å². The van der Waals surface area contributed by atoms with E-state index in [4.69, 9.17) is 4.98 Å². The Kier molecular flexibility index (Phi) is 5.02. The van der Waals surface area contributed by atoms with Crippen LogP contribution in [0.2, 0.25) is 0 Å². The maximum Gasteiger partial charge on any atom is 0.266 e. The minimum Gasteiger partial charge on any atom is -0.321 e. The van der Waals surface area contributed by atoms with Crippen LogP contribution in [0.4, 0.5) is 5.69 Å². The van der Waals surface area contributed by atoms with Crippen molar-refractivity contribution in [1.82, 2.24) is 9.55 Å². The highest BCUT2D eigenvalue weighted by Crippen LogP contribution is 2.35. The van der Waals surface area contributed by atoms with Gasteiger partial charge in [0.1, 0.15) is 5.82 Å². The third-order valence-electron chi connectivity index (χ3n) is 5.19. The van der Waals surface area contributed by atoms with Gasteiger partial charge in [-0.05, 0) is 84.1 Å². The van der Waals surface area contributed by atoms with Crippen LogP contribution in [0.1, 0.15) is 17.0 Å². The van der Waals surface area contributed by atoms with E-state index in [-0.39, 0.29) is 11.5 Å². The van der Waals surface area contributed by atoms with E-state index in [1.54, 1.807) is 10.6 Å². The molecule has 1 amide bonds. The van der Waals surface area contributed by atoms with Crippen molar-refractivity contribution in [2.24, 2.45) is 0 Å². The second-order valence-corrected chi connectivity index (χ2v) is 9.47. The number of carbonyl (C=O) groups excluding carboxylic acids is 1. The Morgan fingerprint density at radius 1 is 1.03 bits per heavy atom. The number of rotatable bonds is 2. The molecular weight excluding hydrogens is 569 g/mol. The average molecular weight is 584 g/mol. The zero-order valence-electron chi connectivity index (χ0n) is 16.3. The van der Waals surface area contributed by atoms with Crippen molar-refractivity contribution in [2.45, 2.75) is 6.92 Å². The molecule has 0 bridgehead atoms. The molecule has 0 spiro atoms. The molecule has 152 valence electrons. The van der Waals surface area contributed by atoms with E-state index in [1.807, 2.05) is 67.6 Å². The van der Waals surface area contributed by atoms with Crippen molar-refractivity contribution in [3.8, 4) is 5.69 Å². The number of anilines is 1. The third-order valence-corrected chi connectivity index (χ3v) is 6.35. The van der Waals surface area contributed by atoms with E-state index in [9.17, 15) is 9.59 Å². The van der Waals surface area contributed by atoms with Gasteiger partial charge in [-0.15, -0.1) is 0 Å². The van der Waals surface area contributed by atoms with Crippen LogP contribution in [-0.4, -0.2) is 15.5 Å². The standard InChI is InChI=1S/C24H15BrIN3O2/c1-13-2-6-16(7-3-13)29-22(27-21-9-5-15(26)11-19(21)24(29)31)12-18-17-10-14(25)4-8-20(17)28-23(18)30/h2-12H,1H3,(H,28,30). The topological polar surface area (TPSA) is 64.0 Å². The molecule has 0 aliphatic carbocycles. The summed E-state index contributed by atoms with van der Waals surface area (Å²) >= 11 is 5.65. The maximum absolute atomic E-state index is 13.5. The molecule has 31 heavy (non-hydrogen) atoms. The van der Waals surface area contributed by atoms with E-state index < -0.39 is 0 Å². The predicted octanol–water partition coefficient (Wildman–Crippen LogP) is 5.55.